The summed E-state index contributed by atoms with van der Waals surface area (Å²) in [6, 6.07) is 16.4. The molecule has 29 heavy (non-hydrogen) atoms. The third-order valence-electron chi connectivity index (χ3n) is 5.07. The van der Waals surface area contributed by atoms with E-state index in [0.717, 1.165) is 30.1 Å². The maximum atomic E-state index is 12.2. The number of rotatable bonds is 7. The van der Waals surface area contributed by atoms with Crippen LogP contribution in [-0.4, -0.2) is 50.1 Å². The van der Waals surface area contributed by atoms with Gasteiger partial charge in [0.2, 0.25) is 5.91 Å². The number of amides is 1. The van der Waals surface area contributed by atoms with Crippen molar-refractivity contribution in [2.75, 3.05) is 37.4 Å². The fraction of sp³-hybridized carbons (Fsp3) is 0.375. The molecule has 0 saturated carbocycles. The van der Waals surface area contributed by atoms with Crippen LogP contribution >= 0.6 is 0 Å². The molecule has 1 fully saturated rings. The van der Waals surface area contributed by atoms with Crippen molar-refractivity contribution in [1.29, 1.82) is 0 Å². The van der Waals surface area contributed by atoms with Crippen LogP contribution in [0.25, 0.3) is 6.08 Å². The summed E-state index contributed by atoms with van der Waals surface area (Å²) < 4.78 is 5.63. The van der Waals surface area contributed by atoms with Gasteiger partial charge in [-0.15, -0.1) is 0 Å². The summed E-state index contributed by atoms with van der Waals surface area (Å²) in [7, 11) is 4.27. The Hall–Kier alpha value is -2.79. The van der Waals surface area contributed by atoms with E-state index < -0.39 is 0 Å². The largest absolute Gasteiger partial charge is 0.491 e. The Morgan fingerprint density at radius 2 is 1.83 bits per heavy atom. The predicted molar refractivity (Wildman–Crippen MR) is 121 cm³/mol. The van der Waals surface area contributed by atoms with Gasteiger partial charge in [-0.1, -0.05) is 12.1 Å². The zero-order valence-corrected chi connectivity index (χ0v) is 17.8. The summed E-state index contributed by atoms with van der Waals surface area (Å²) in [5, 5.41) is 2.92. The molecule has 154 valence electrons. The number of likely N-dealkylation sites (N-methyl/N-ethyl adjacent to an activating group) is 1. The van der Waals surface area contributed by atoms with Gasteiger partial charge in [0.25, 0.3) is 0 Å². The second-order valence-electron chi connectivity index (χ2n) is 7.96. The number of nitrogens with one attached hydrogen (secondary N) is 1. The highest BCUT2D eigenvalue weighted by molar-refractivity contribution is 6.02. The third kappa shape index (κ3) is 6.09. The number of nitrogens with zero attached hydrogens (tertiary/aromatic N) is 2. The first-order valence-electron chi connectivity index (χ1n) is 10.2. The summed E-state index contributed by atoms with van der Waals surface area (Å²) in [4.78, 5) is 16.9. The highest BCUT2D eigenvalue weighted by atomic mass is 16.5. The molecule has 1 aliphatic heterocycles. The molecular formula is C24H31N3O2. The van der Waals surface area contributed by atoms with Crippen LogP contribution in [0.1, 0.15) is 25.8 Å². The van der Waals surface area contributed by atoms with Crippen LogP contribution in [0.3, 0.4) is 0 Å². The van der Waals surface area contributed by atoms with Gasteiger partial charge < -0.3 is 19.9 Å². The molecule has 2 aromatic rings. The molecule has 0 aromatic heterocycles. The molecule has 5 nitrogen and oxygen atoms in total. The standard InChI is InChI=1S/C24H31N3O2/c1-18(2)29-23-12-5-19(6-13-23)7-14-24(28)25-20-8-10-21(11-9-20)27-16-15-22(17-27)26(3)4/h5-14,18,22H,15-17H2,1-4H3,(H,25,28)/b14-7+. The van der Waals surface area contributed by atoms with E-state index >= 15 is 0 Å². The summed E-state index contributed by atoms with van der Waals surface area (Å²) in [6.45, 7) is 6.10. The van der Waals surface area contributed by atoms with Gasteiger partial charge in [0, 0.05) is 36.6 Å². The van der Waals surface area contributed by atoms with Crippen molar-refractivity contribution < 1.29 is 9.53 Å². The average molecular weight is 394 g/mol. The van der Waals surface area contributed by atoms with Gasteiger partial charge in [-0.25, -0.2) is 0 Å². The molecular weight excluding hydrogens is 362 g/mol. The lowest BCUT2D eigenvalue weighted by Crippen LogP contribution is -2.31. The van der Waals surface area contributed by atoms with Crippen LogP contribution in [0.15, 0.2) is 54.6 Å². The Balaban J connectivity index is 1.52. The first-order valence-corrected chi connectivity index (χ1v) is 10.2. The van der Waals surface area contributed by atoms with Crippen molar-refractivity contribution in [1.82, 2.24) is 4.90 Å². The monoisotopic (exact) mass is 393 g/mol. The molecule has 1 N–H and O–H groups in total. The Labute approximate surface area is 174 Å². The summed E-state index contributed by atoms with van der Waals surface area (Å²) in [6.07, 6.45) is 4.68. The van der Waals surface area contributed by atoms with Crippen molar-refractivity contribution >= 4 is 23.4 Å². The van der Waals surface area contributed by atoms with E-state index in [1.54, 1.807) is 12.2 Å². The summed E-state index contributed by atoms with van der Waals surface area (Å²) in [5.41, 5.74) is 2.95. The third-order valence-corrected chi connectivity index (χ3v) is 5.07. The van der Waals surface area contributed by atoms with Crippen molar-refractivity contribution in [2.45, 2.75) is 32.4 Å². The van der Waals surface area contributed by atoms with E-state index in [-0.39, 0.29) is 12.0 Å². The number of anilines is 2. The molecule has 1 unspecified atom stereocenters. The normalized spacial score (nSPS) is 16.8. The SMILES string of the molecule is CC(C)Oc1ccc(/C=C/C(=O)Nc2ccc(N3CCC(N(C)C)C3)cc2)cc1. The first-order chi connectivity index (χ1) is 13.9. The van der Waals surface area contributed by atoms with Crippen LogP contribution in [-0.2, 0) is 4.79 Å². The lowest BCUT2D eigenvalue weighted by molar-refractivity contribution is -0.111. The van der Waals surface area contributed by atoms with E-state index in [1.807, 2.05) is 50.2 Å². The first kappa shape index (κ1) is 20.9. The highest BCUT2D eigenvalue weighted by Crippen LogP contribution is 2.24. The topological polar surface area (TPSA) is 44.8 Å². The lowest BCUT2D eigenvalue weighted by Gasteiger charge is -2.22. The Morgan fingerprint density at radius 3 is 2.41 bits per heavy atom. The number of hydrogen-bond donors (Lipinski definition) is 1. The van der Waals surface area contributed by atoms with Crippen molar-refractivity contribution in [2.24, 2.45) is 0 Å². The molecule has 0 radical (unpaired) electrons. The maximum Gasteiger partial charge on any atom is 0.248 e. The van der Waals surface area contributed by atoms with E-state index in [9.17, 15) is 4.79 Å². The Kier molecular flexibility index (Phi) is 6.94. The molecule has 0 spiro atoms. The molecule has 1 atom stereocenters. The number of ether oxygens (including phenoxy) is 1. The Bertz CT molecular complexity index is 826. The predicted octanol–water partition coefficient (Wildman–Crippen LogP) is 4.27. The van der Waals surface area contributed by atoms with Crippen molar-refractivity contribution in [3.8, 4) is 5.75 Å². The van der Waals surface area contributed by atoms with Gasteiger partial charge in [-0.3, -0.25) is 4.79 Å². The van der Waals surface area contributed by atoms with E-state index in [2.05, 4.69) is 41.3 Å². The number of benzene rings is 2. The minimum absolute atomic E-state index is 0.144. The fourth-order valence-electron chi connectivity index (χ4n) is 3.44. The van der Waals surface area contributed by atoms with Gasteiger partial charge in [0.05, 0.1) is 6.10 Å². The molecule has 1 aliphatic rings. The van der Waals surface area contributed by atoms with Crippen LogP contribution in [0.5, 0.6) is 5.75 Å². The van der Waals surface area contributed by atoms with Crippen molar-refractivity contribution in [3.63, 3.8) is 0 Å². The lowest BCUT2D eigenvalue weighted by atomic mass is 10.2. The van der Waals surface area contributed by atoms with E-state index in [0.29, 0.717) is 6.04 Å². The van der Waals surface area contributed by atoms with E-state index in [4.69, 9.17) is 4.74 Å². The van der Waals surface area contributed by atoms with Crippen LogP contribution in [0.4, 0.5) is 11.4 Å². The van der Waals surface area contributed by atoms with Crippen molar-refractivity contribution in [3.05, 3.63) is 60.2 Å². The molecule has 0 bridgehead atoms. The van der Waals surface area contributed by atoms with Gasteiger partial charge in [0.15, 0.2) is 0 Å². The minimum Gasteiger partial charge on any atom is -0.491 e. The number of carbonyl (C=O) groups is 1. The number of carbonyl (C=O) groups excluding carboxylic acids is 1. The molecule has 5 heteroatoms. The molecule has 1 saturated heterocycles. The fourth-order valence-corrected chi connectivity index (χ4v) is 3.44. The average Bonchev–Trinajstić information content (AvgIpc) is 3.18. The Morgan fingerprint density at radius 1 is 1.14 bits per heavy atom. The maximum absolute atomic E-state index is 12.2. The van der Waals surface area contributed by atoms with Gasteiger partial charge in [-0.2, -0.15) is 0 Å². The second kappa shape index (κ2) is 9.61. The van der Waals surface area contributed by atoms with E-state index in [1.165, 1.54) is 12.1 Å². The summed E-state index contributed by atoms with van der Waals surface area (Å²) in [5.74, 6) is 0.686. The van der Waals surface area contributed by atoms with Crippen LogP contribution in [0, 0.1) is 0 Å². The second-order valence-corrected chi connectivity index (χ2v) is 7.96. The van der Waals surface area contributed by atoms with Gasteiger partial charge >= 0.3 is 0 Å². The van der Waals surface area contributed by atoms with Crippen LogP contribution < -0.4 is 15.0 Å². The minimum atomic E-state index is -0.144. The molecule has 2 aromatic carbocycles. The summed E-state index contributed by atoms with van der Waals surface area (Å²) >= 11 is 0. The van der Waals surface area contributed by atoms with Gasteiger partial charge in [0.1, 0.15) is 5.75 Å². The quantitative estimate of drug-likeness (QED) is 0.714. The van der Waals surface area contributed by atoms with Crippen LogP contribution in [0.2, 0.25) is 0 Å². The molecule has 1 heterocycles. The molecule has 1 amide bonds. The molecule has 3 rings (SSSR count). The smallest absolute Gasteiger partial charge is 0.248 e. The zero-order valence-electron chi connectivity index (χ0n) is 17.8. The zero-order chi connectivity index (χ0) is 20.8. The highest BCUT2D eigenvalue weighted by Gasteiger charge is 2.23. The molecule has 0 aliphatic carbocycles. The number of hydrogen-bond acceptors (Lipinski definition) is 4. The van der Waals surface area contributed by atoms with Gasteiger partial charge in [-0.05, 0) is 82.4 Å².